The number of carbonyl (C=O) groups is 1. The largest absolute Gasteiger partial charge is 0.496 e. The number of amides is 1. The van der Waals surface area contributed by atoms with Gasteiger partial charge in [-0.3, -0.25) is 9.69 Å². The van der Waals surface area contributed by atoms with Gasteiger partial charge in [-0.05, 0) is 42.2 Å². The molecule has 2 aliphatic heterocycles. The minimum absolute atomic E-state index is 0.100. The van der Waals surface area contributed by atoms with Crippen molar-refractivity contribution in [1.29, 1.82) is 0 Å². The zero-order chi connectivity index (χ0) is 25.8. The van der Waals surface area contributed by atoms with E-state index >= 15 is 0 Å². The summed E-state index contributed by atoms with van der Waals surface area (Å²) in [5.74, 6) is 0.185. The summed E-state index contributed by atoms with van der Waals surface area (Å²) in [6.07, 6.45) is 1.72. The van der Waals surface area contributed by atoms with Crippen molar-refractivity contribution in [1.82, 2.24) is 14.1 Å². The van der Waals surface area contributed by atoms with Crippen molar-refractivity contribution in [3.05, 3.63) is 95.6 Å². The summed E-state index contributed by atoms with van der Waals surface area (Å²) in [5.41, 5.74) is 2.73. The van der Waals surface area contributed by atoms with Gasteiger partial charge >= 0.3 is 0 Å². The number of ether oxygens (including phenoxy) is 1. The molecule has 3 aromatic carbocycles. The third-order valence-electron chi connectivity index (χ3n) is 7.30. The fourth-order valence-electron chi connectivity index (χ4n) is 5.33. The van der Waals surface area contributed by atoms with Gasteiger partial charge in [0.1, 0.15) is 5.75 Å². The normalized spacial score (nSPS) is 17.3. The van der Waals surface area contributed by atoms with E-state index in [-0.39, 0.29) is 16.8 Å². The van der Waals surface area contributed by atoms with Crippen LogP contribution in [-0.2, 0) is 10.0 Å². The fourth-order valence-corrected chi connectivity index (χ4v) is 6.87. The van der Waals surface area contributed by atoms with E-state index in [0.717, 1.165) is 12.8 Å². The maximum absolute atomic E-state index is 13.6. The summed E-state index contributed by atoms with van der Waals surface area (Å²) in [6, 6.07) is 25.6. The van der Waals surface area contributed by atoms with Gasteiger partial charge in [-0.2, -0.15) is 4.31 Å². The zero-order valence-corrected chi connectivity index (χ0v) is 21.9. The fraction of sp³-hybridized carbons (Fsp3) is 0.345. The number of sulfonamides is 1. The monoisotopic (exact) mass is 519 g/mol. The van der Waals surface area contributed by atoms with Gasteiger partial charge in [0.15, 0.2) is 0 Å². The van der Waals surface area contributed by atoms with E-state index in [1.165, 1.54) is 34.7 Å². The molecular weight excluding hydrogens is 486 g/mol. The predicted octanol–water partition coefficient (Wildman–Crippen LogP) is 4.03. The molecule has 2 aliphatic rings. The molecule has 0 saturated carbocycles. The SMILES string of the molecule is COc1ccc(S(=O)(=O)N2CCCC2)cc1C(=O)N1CCN(C(c2ccccc2)c2ccccc2)CC1. The molecule has 0 atom stereocenters. The van der Waals surface area contributed by atoms with Crippen molar-refractivity contribution in [3.8, 4) is 5.75 Å². The Morgan fingerprint density at radius 2 is 1.35 bits per heavy atom. The highest BCUT2D eigenvalue weighted by Crippen LogP contribution is 2.31. The molecule has 0 bridgehead atoms. The lowest BCUT2D eigenvalue weighted by molar-refractivity contribution is 0.0594. The van der Waals surface area contributed by atoms with Gasteiger partial charge in [0, 0.05) is 39.3 Å². The number of hydrogen-bond acceptors (Lipinski definition) is 5. The first-order valence-electron chi connectivity index (χ1n) is 12.8. The molecule has 7 nitrogen and oxygen atoms in total. The van der Waals surface area contributed by atoms with Gasteiger partial charge in [-0.1, -0.05) is 60.7 Å². The molecule has 0 radical (unpaired) electrons. The Morgan fingerprint density at radius 3 is 1.89 bits per heavy atom. The Bertz CT molecular complexity index is 1280. The summed E-state index contributed by atoms with van der Waals surface area (Å²) in [5, 5.41) is 0. The maximum Gasteiger partial charge on any atom is 0.257 e. The van der Waals surface area contributed by atoms with Crippen LogP contribution in [0.3, 0.4) is 0 Å². The van der Waals surface area contributed by atoms with Crippen LogP contribution in [0.25, 0.3) is 0 Å². The Balaban J connectivity index is 1.36. The number of benzene rings is 3. The van der Waals surface area contributed by atoms with Crippen molar-refractivity contribution < 1.29 is 17.9 Å². The topological polar surface area (TPSA) is 70.2 Å². The van der Waals surface area contributed by atoms with Crippen LogP contribution in [0.15, 0.2) is 83.8 Å². The summed E-state index contributed by atoms with van der Waals surface area (Å²) >= 11 is 0. The molecule has 2 fully saturated rings. The van der Waals surface area contributed by atoms with E-state index < -0.39 is 10.0 Å². The van der Waals surface area contributed by atoms with Crippen LogP contribution in [0.1, 0.15) is 40.4 Å². The van der Waals surface area contributed by atoms with E-state index in [1.807, 2.05) is 12.1 Å². The molecule has 0 aromatic heterocycles. The van der Waals surface area contributed by atoms with Crippen LogP contribution in [0.4, 0.5) is 0 Å². The van der Waals surface area contributed by atoms with E-state index in [0.29, 0.717) is 50.6 Å². The first kappa shape index (κ1) is 25.4. The number of carbonyl (C=O) groups excluding carboxylic acids is 1. The van der Waals surface area contributed by atoms with Crippen molar-refractivity contribution >= 4 is 15.9 Å². The van der Waals surface area contributed by atoms with Gasteiger partial charge in [-0.25, -0.2) is 8.42 Å². The number of hydrogen-bond donors (Lipinski definition) is 0. The van der Waals surface area contributed by atoms with Gasteiger partial charge in [0.2, 0.25) is 10.0 Å². The maximum atomic E-state index is 13.6. The highest BCUT2D eigenvalue weighted by Gasteiger charge is 2.32. The van der Waals surface area contributed by atoms with Crippen molar-refractivity contribution in [2.45, 2.75) is 23.8 Å². The van der Waals surface area contributed by atoms with Crippen LogP contribution >= 0.6 is 0 Å². The molecule has 0 unspecified atom stereocenters. The quantitative estimate of drug-likeness (QED) is 0.472. The molecule has 2 heterocycles. The zero-order valence-electron chi connectivity index (χ0n) is 21.1. The lowest BCUT2D eigenvalue weighted by Crippen LogP contribution is -2.50. The molecule has 0 N–H and O–H groups in total. The average Bonchev–Trinajstić information content (AvgIpc) is 3.50. The van der Waals surface area contributed by atoms with E-state index in [1.54, 1.807) is 11.0 Å². The standard InChI is InChI=1S/C29H33N3O4S/c1-36-27-15-14-25(37(34,35)32-16-8-9-17-32)22-26(27)29(33)31-20-18-30(19-21-31)28(23-10-4-2-5-11-23)24-12-6-3-7-13-24/h2-7,10-15,22,28H,8-9,16-21H2,1H3. The number of nitrogens with zero attached hydrogens (tertiary/aromatic N) is 3. The molecule has 0 aliphatic carbocycles. The van der Waals surface area contributed by atoms with Crippen molar-refractivity contribution in [2.24, 2.45) is 0 Å². The van der Waals surface area contributed by atoms with E-state index in [4.69, 9.17) is 4.74 Å². The van der Waals surface area contributed by atoms with Crippen molar-refractivity contribution in [3.63, 3.8) is 0 Å². The molecule has 37 heavy (non-hydrogen) atoms. The predicted molar refractivity (Wildman–Crippen MR) is 143 cm³/mol. The minimum Gasteiger partial charge on any atom is -0.496 e. The summed E-state index contributed by atoms with van der Waals surface area (Å²) < 4.78 is 33.2. The second-order valence-corrected chi connectivity index (χ2v) is 11.5. The third-order valence-corrected chi connectivity index (χ3v) is 9.20. The number of methoxy groups -OCH3 is 1. The van der Waals surface area contributed by atoms with Gasteiger partial charge < -0.3 is 9.64 Å². The second kappa shape index (κ2) is 11.0. The summed E-state index contributed by atoms with van der Waals surface area (Å²) in [4.78, 5) is 18.0. The average molecular weight is 520 g/mol. The molecule has 194 valence electrons. The Labute approximate surface area is 219 Å². The van der Waals surface area contributed by atoms with E-state index in [2.05, 4.69) is 53.4 Å². The molecule has 5 rings (SSSR count). The Kier molecular flexibility index (Phi) is 7.60. The first-order chi connectivity index (χ1) is 18.0. The minimum atomic E-state index is -3.63. The summed E-state index contributed by atoms with van der Waals surface area (Å²) in [7, 11) is -2.13. The van der Waals surface area contributed by atoms with Gasteiger partial charge in [0.05, 0.1) is 23.6 Å². The van der Waals surface area contributed by atoms with Crippen LogP contribution < -0.4 is 4.74 Å². The smallest absolute Gasteiger partial charge is 0.257 e. The van der Waals surface area contributed by atoms with Crippen LogP contribution in [-0.4, -0.2) is 74.8 Å². The highest BCUT2D eigenvalue weighted by molar-refractivity contribution is 7.89. The van der Waals surface area contributed by atoms with Crippen LogP contribution in [0.5, 0.6) is 5.75 Å². The molecule has 3 aromatic rings. The molecular formula is C29H33N3O4S. The number of rotatable bonds is 7. The molecule has 1 amide bonds. The first-order valence-corrected chi connectivity index (χ1v) is 14.2. The van der Waals surface area contributed by atoms with Crippen molar-refractivity contribution in [2.75, 3.05) is 46.4 Å². The molecule has 2 saturated heterocycles. The lowest BCUT2D eigenvalue weighted by atomic mass is 9.96. The molecule has 8 heteroatoms. The van der Waals surface area contributed by atoms with E-state index in [9.17, 15) is 13.2 Å². The van der Waals surface area contributed by atoms with Crippen LogP contribution in [0.2, 0.25) is 0 Å². The lowest BCUT2D eigenvalue weighted by Gasteiger charge is -2.40. The summed E-state index contributed by atoms with van der Waals surface area (Å²) in [6.45, 7) is 3.53. The number of piperazine rings is 1. The molecule has 0 spiro atoms. The van der Waals surface area contributed by atoms with Gasteiger partial charge in [-0.15, -0.1) is 0 Å². The Hall–Kier alpha value is -3.20. The highest BCUT2D eigenvalue weighted by atomic mass is 32.2. The van der Waals surface area contributed by atoms with Gasteiger partial charge in [0.25, 0.3) is 5.91 Å². The second-order valence-electron chi connectivity index (χ2n) is 9.53. The Morgan fingerprint density at radius 1 is 0.784 bits per heavy atom. The third kappa shape index (κ3) is 5.28. The van der Waals surface area contributed by atoms with Crippen LogP contribution in [0, 0.1) is 0 Å².